The van der Waals surface area contributed by atoms with E-state index in [9.17, 15) is 0 Å². The lowest BCUT2D eigenvalue weighted by atomic mass is 9.92. The highest BCUT2D eigenvalue weighted by molar-refractivity contribution is 5.45. The highest BCUT2D eigenvalue weighted by Gasteiger charge is 2.33. The van der Waals surface area contributed by atoms with Gasteiger partial charge in [-0.3, -0.25) is 4.90 Å². The van der Waals surface area contributed by atoms with Crippen LogP contribution in [0.3, 0.4) is 0 Å². The fourth-order valence-corrected chi connectivity index (χ4v) is 3.70. The molecule has 110 valence electrons. The Bertz CT molecular complexity index is 472. The minimum atomic E-state index is 0.518. The van der Waals surface area contributed by atoms with Crippen molar-refractivity contribution in [2.24, 2.45) is 0 Å². The van der Waals surface area contributed by atoms with Crippen LogP contribution in [0.25, 0.3) is 0 Å². The van der Waals surface area contributed by atoms with Gasteiger partial charge in [-0.2, -0.15) is 0 Å². The van der Waals surface area contributed by atoms with Crippen LogP contribution >= 0.6 is 0 Å². The summed E-state index contributed by atoms with van der Waals surface area (Å²) >= 11 is 0. The largest absolute Gasteiger partial charge is 0.497 e. The first-order valence-electron chi connectivity index (χ1n) is 7.75. The highest BCUT2D eigenvalue weighted by atomic mass is 16.5. The van der Waals surface area contributed by atoms with Crippen molar-refractivity contribution >= 4 is 0 Å². The number of ether oxygens (including phenoxy) is 2. The Kier molecular flexibility index (Phi) is 3.88. The van der Waals surface area contributed by atoms with Crippen LogP contribution in [0.2, 0.25) is 0 Å². The van der Waals surface area contributed by atoms with Gasteiger partial charge in [-0.15, -0.1) is 0 Å². The summed E-state index contributed by atoms with van der Waals surface area (Å²) in [5.41, 5.74) is 1.33. The molecule has 0 aliphatic carbocycles. The van der Waals surface area contributed by atoms with Crippen molar-refractivity contribution < 1.29 is 9.47 Å². The summed E-state index contributed by atoms with van der Waals surface area (Å²) in [6.07, 6.45) is 3.87. The van der Waals surface area contributed by atoms with E-state index in [0.29, 0.717) is 18.0 Å². The predicted octanol–water partition coefficient (Wildman–Crippen LogP) is 3.43. The van der Waals surface area contributed by atoms with Gasteiger partial charge in [0.05, 0.1) is 13.7 Å². The summed E-state index contributed by atoms with van der Waals surface area (Å²) < 4.78 is 11.2. The van der Waals surface area contributed by atoms with Crippen molar-refractivity contribution in [3.63, 3.8) is 0 Å². The number of hydrogen-bond donors (Lipinski definition) is 0. The van der Waals surface area contributed by atoms with Gasteiger partial charge in [0.25, 0.3) is 0 Å². The lowest BCUT2D eigenvalue weighted by Crippen LogP contribution is -2.36. The van der Waals surface area contributed by atoms with Crippen molar-refractivity contribution in [3.05, 3.63) is 23.8 Å². The Hall–Kier alpha value is -1.22. The van der Waals surface area contributed by atoms with E-state index in [-0.39, 0.29) is 0 Å². The zero-order chi connectivity index (χ0) is 14.1. The highest BCUT2D eigenvalue weighted by Crippen LogP contribution is 2.40. The fraction of sp³-hybridized carbons (Fsp3) is 0.647. The SMILES string of the molecule is COc1ccc2c(c1)[C@@H](C[C@H]1CCCN1C(C)C)CO2. The first-order valence-corrected chi connectivity index (χ1v) is 7.75. The van der Waals surface area contributed by atoms with Crippen LogP contribution in [0.1, 0.15) is 44.6 Å². The van der Waals surface area contributed by atoms with Gasteiger partial charge in [0, 0.05) is 23.6 Å². The van der Waals surface area contributed by atoms with E-state index in [1.807, 2.05) is 12.1 Å². The molecule has 3 rings (SSSR count). The first kappa shape index (κ1) is 13.7. The van der Waals surface area contributed by atoms with Gasteiger partial charge in [0.15, 0.2) is 0 Å². The molecule has 0 aromatic heterocycles. The van der Waals surface area contributed by atoms with E-state index in [1.165, 1.54) is 31.4 Å². The summed E-state index contributed by atoms with van der Waals surface area (Å²) in [6, 6.07) is 7.54. The number of likely N-dealkylation sites (tertiary alicyclic amines) is 1. The maximum absolute atomic E-state index is 5.84. The Balaban J connectivity index is 1.74. The Morgan fingerprint density at radius 3 is 3.00 bits per heavy atom. The molecule has 1 saturated heterocycles. The van der Waals surface area contributed by atoms with Gasteiger partial charge in [-0.05, 0) is 57.9 Å². The third kappa shape index (κ3) is 2.51. The molecule has 0 amide bonds. The maximum atomic E-state index is 5.84. The topological polar surface area (TPSA) is 21.7 Å². The molecule has 0 spiro atoms. The molecule has 2 aliphatic rings. The van der Waals surface area contributed by atoms with E-state index < -0.39 is 0 Å². The maximum Gasteiger partial charge on any atom is 0.123 e. The Morgan fingerprint density at radius 1 is 1.40 bits per heavy atom. The first-order chi connectivity index (χ1) is 9.69. The van der Waals surface area contributed by atoms with Gasteiger partial charge in [0.1, 0.15) is 11.5 Å². The van der Waals surface area contributed by atoms with Crippen molar-refractivity contribution in [2.45, 2.75) is 51.1 Å². The van der Waals surface area contributed by atoms with E-state index >= 15 is 0 Å². The number of benzene rings is 1. The van der Waals surface area contributed by atoms with Gasteiger partial charge in [0.2, 0.25) is 0 Å². The standard InChI is InChI=1S/C17H25NO2/c1-12(2)18-8-4-5-14(18)9-13-11-20-17-7-6-15(19-3)10-16(13)17/h6-7,10,12-14H,4-5,8-9,11H2,1-3H3/t13-,14+/m0/s1. The number of fused-ring (bicyclic) bond motifs is 1. The quantitative estimate of drug-likeness (QED) is 0.840. The molecular weight excluding hydrogens is 250 g/mol. The minimum Gasteiger partial charge on any atom is -0.497 e. The van der Waals surface area contributed by atoms with E-state index in [4.69, 9.17) is 9.47 Å². The van der Waals surface area contributed by atoms with Crippen molar-refractivity contribution in [1.29, 1.82) is 0 Å². The van der Waals surface area contributed by atoms with E-state index in [1.54, 1.807) is 7.11 Å². The lowest BCUT2D eigenvalue weighted by Gasteiger charge is -2.29. The zero-order valence-electron chi connectivity index (χ0n) is 12.8. The second-order valence-corrected chi connectivity index (χ2v) is 6.28. The van der Waals surface area contributed by atoms with E-state index in [0.717, 1.165) is 18.1 Å². The molecule has 2 atom stereocenters. The second kappa shape index (κ2) is 5.65. The van der Waals surface area contributed by atoms with E-state index in [2.05, 4.69) is 24.8 Å². The number of hydrogen-bond acceptors (Lipinski definition) is 3. The molecule has 1 aromatic rings. The van der Waals surface area contributed by atoms with Crippen LogP contribution in [0, 0.1) is 0 Å². The van der Waals surface area contributed by atoms with Gasteiger partial charge in [-0.1, -0.05) is 0 Å². The van der Waals surface area contributed by atoms with Crippen LogP contribution in [0.4, 0.5) is 0 Å². The molecule has 0 radical (unpaired) electrons. The molecule has 0 N–H and O–H groups in total. The molecule has 0 saturated carbocycles. The molecular formula is C17H25NO2. The van der Waals surface area contributed by atoms with Gasteiger partial charge >= 0.3 is 0 Å². The average molecular weight is 275 g/mol. The van der Waals surface area contributed by atoms with Crippen molar-refractivity contribution in [1.82, 2.24) is 4.90 Å². The monoisotopic (exact) mass is 275 g/mol. The fourth-order valence-electron chi connectivity index (χ4n) is 3.70. The number of methoxy groups -OCH3 is 1. The molecule has 2 heterocycles. The summed E-state index contributed by atoms with van der Waals surface area (Å²) in [5.74, 6) is 2.50. The number of nitrogens with zero attached hydrogens (tertiary/aromatic N) is 1. The molecule has 1 fully saturated rings. The summed E-state index contributed by atoms with van der Waals surface area (Å²) in [5, 5.41) is 0. The molecule has 3 nitrogen and oxygen atoms in total. The van der Waals surface area contributed by atoms with Crippen molar-refractivity contribution in [3.8, 4) is 11.5 Å². The van der Waals surface area contributed by atoms with Gasteiger partial charge in [-0.25, -0.2) is 0 Å². The zero-order valence-corrected chi connectivity index (χ0v) is 12.8. The average Bonchev–Trinajstić information content (AvgIpc) is 3.06. The molecule has 20 heavy (non-hydrogen) atoms. The molecule has 0 bridgehead atoms. The van der Waals surface area contributed by atoms with Crippen molar-refractivity contribution in [2.75, 3.05) is 20.3 Å². The summed E-state index contributed by atoms with van der Waals surface area (Å²) in [7, 11) is 1.73. The minimum absolute atomic E-state index is 0.518. The molecule has 1 aromatic carbocycles. The smallest absolute Gasteiger partial charge is 0.123 e. The third-order valence-corrected chi connectivity index (χ3v) is 4.74. The summed E-state index contributed by atoms with van der Waals surface area (Å²) in [6.45, 7) is 6.69. The van der Waals surface area contributed by atoms with Crippen LogP contribution in [-0.4, -0.2) is 37.2 Å². The van der Waals surface area contributed by atoms with Crippen LogP contribution in [0.15, 0.2) is 18.2 Å². The third-order valence-electron chi connectivity index (χ3n) is 4.74. The Labute approximate surface area is 121 Å². The predicted molar refractivity (Wildman–Crippen MR) is 80.7 cm³/mol. The van der Waals surface area contributed by atoms with Crippen LogP contribution in [-0.2, 0) is 0 Å². The molecule has 0 unspecified atom stereocenters. The Morgan fingerprint density at radius 2 is 2.25 bits per heavy atom. The van der Waals surface area contributed by atoms with Crippen LogP contribution in [0.5, 0.6) is 11.5 Å². The lowest BCUT2D eigenvalue weighted by molar-refractivity contribution is 0.181. The molecule has 3 heteroatoms. The van der Waals surface area contributed by atoms with Gasteiger partial charge < -0.3 is 9.47 Å². The number of rotatable bonds is 4. The summed E-state index contributed by atoms with van der Waals surface area (Å²) in [4.78, 5) is 2.65. The normalized spacial score (nSPS) is 25.8. The van der Waals surface area contributed by atoms with Crippen LogP contribution < -0.4 is 9.47 Å². The molecule has 2 aliphatic heterocycles. The second-order valence-electron chi connectivity index (χ2n) is 6.28.